The lowest BCUT2D eigenvalue weighted by atomic mass is 9.87. The molecule has 1 aliphatic heterocycles. The number of aryl methyl sites for hydroxylation is 1. The minimum Gasteiger partial charge on any atom is -0.457 e. The molecule has 2 N–H and O–H groups in total. The number of benzene rings is 2. The van der Waals surface area contributed by atoms with E-state index in [1.165, 1.54) is 0 Å². The van der Waals surface area contributed by atoms with E-state index in [1.54, 1.807) is 18.3 Å². The highest BCUT2D eigenvalue weighted by molar-refractivity contribution is 6.31. The first kappa shape index (κ1) is 30.8. The van der Waals surface area contributed by atoms with Crippen molar-refractivity contribution in [2.24, 2.45) is 13.0 Å². The molecule has 4 aromatic rings. The van der Waals surface area contributed by atoms with Gasteiger partial charge in [0.05, 0.1) is 11.0 Å². The van der Waals surface area contributed by atoms with E-state index >= 15 is 0 Å². The summed E-state index contributed by atoms with van der Waals surface area (Å²) in [6.45, 7) is 13.2. The number of anilines is 3. The first-order chi connectivity index (χ1) is 20.5. The topological polar surface area (TPSA) is 84.3 Å². The Balaban J connectivity index is 1.21. The fourth-order valence-electron chi connectivity index (χ4n) is 5.64. The maximum atomic E-state index is 12.7. The van der Waals surface area contributed by atoms with Gasteiger partial charge in [-0.15, -0.1) is 0 Å². The van der Waals surface area contributed by atoms with Crippen molar-refractivity contribution in [3.8, 4) is 11.5 Å². The van der Waals surface area contributed by atoms with Crippen molar-refractivity contribution in [1.82, 2.24) is 19.4 Å². The largest absolute Gasteiger partial charge is 0.457 e. The number of hydrogen-bond acceptors (Lipinski definition) is 6. The van der Waals surface area contributed by atoms with Crippen LogP contribution in [0.3, 0.4) is 0 Å². The molecule has 0 saturated carbocycles. The molecule has 0 unspecified atom stereocenters. The Morgan fingerprint density at radius 3 is 2.53 bits per heavy atom. The lowest BCUT2D eigenvalue weighted by molar-refractivity contribution is -0.116. The number of carbonyl (C=O) groups excluding carboxylic acids is 1. The second-order valence-electron chi connectivity index (χ2n) is 12.9. The summed E-state index contributed by atoms with van der Waals surface area (Å²) >= 11 is 6.46. The van der Waals surface area contributed by atoms with Crippen LogP contribution >= 0.6 is 11.6 Å². The predicted octanol–water partition coefficient (Wildman–Crippen LogP) is 8.29. The number of fused-ring (bicyclic) bond motifs is 1. The third-order valence-corrected chi connectivity index (χ3v) is 8.61. The van der Waals surface area contributed by atoms with Crippen molar-refractivity contribution in [1.29, 1.82) is 0 Å². The highest BCUT2D eigenvalue weighted by atomic mass is 35.5. The SMILES string of the molecule is CC(C)N1CCC(CCC(=O)Nc2cc(Oc3ccc4c(c3)nc(Nc3ccc(Cl)c(C(C)(C)C)c3)n4C)ccn2)CC1. The molecule has 9 heteroatoms. The van der Waals surface area contributed by atoms with Crippen LogP contribution in [0.15, 0.2) is 54.7 Å². The number of pyridine rings is 1. The quantitative estimate of drug-likeness (QED) is 0.200. The number of ether oxygens (including phenoxy) is 1. The van der Waals surface area contributed by atoms with Gasteiger partial charge in [-0.3, -0.25) is 4.79 Å². The average Bonchev–Trinajstić information content (AvgIpc) is 3.26. The van der Waals surface area contributed by atoms with Gasteiger partial charge in [0.2, 0.25) is 11.9 Å². The fourth-order valence-corrected chi connectivity index (χ4v) is 6.04. The molecule has 0 bridgehead atoms. The lowest BCUT2D eigenvalue weighted by Crippen LogP contribution is -2.38. The van der Waals surface area contributed by atoms with E-state index in [9.17, 15) is 4.79 Å². The van der Waals surface area contributed by atoms with Crippen LogP contribution in [0.1, 0.15) is 65.9 Å². The summed E-state index contributed by atoms with van der Waals surface area (Å²) in [5.74, 6) is 3.04. The van der Waals surface area contributed by atoms with Crippen LogP contribution in [-0.4, -0.2) is 44.5 Å². The number of hydrogen-bond donors (Lipinski definition) is 2. The minimum absolute atomic E-state index is 0.0128. The maximum absolute atomic E-state index is 12.7. The van der Waals surface area contributed by atoms with Gasteiger partial charge < -0.3 is 24.8 Å². The third-order valence-electron chi connectivity index (χ3n) is 8.28. The summed E-state index contributed by atoms with van der Waals surface area (Å²) in [5.41, 5.74) is 3.69. The monoisotopic (exact) mass is 602 g/mol. The summed E-state index contributed by atoms with van der Waals surface area (Å²) in [7, 11) is 1.98. The van der Waals surface area contributed by atoms with Crippen LogP contribution in [0.25, 0.3) is 11.0 Å². The maximum Gasteiger partial charge on any atom is 0.225 e. The highest BCUT2D eigenvalue weighted by Gasteiger charge is 2.22. The van der Waals surface area contributed by atoms with E-state index in [4.69, 9.17) is 21.3 Å². The molecule has 0 spiro atoms. The molecule has 43 heavy (non-hydrogen) atoms. The van der Waals surface area contributed by atoms with Crippen molar-refractivity contribution in [3.05, 3.63) is 65.3 Å². The number of carbonyl (C=O) groups is 1. The second kappa shape index (κ2) is 12.9. The van der Waals surface area contributed by atoms with Gasteiger partial charge in [0.25, 0.3) is 0 Å². The average molecular weight is 603 g/mol. The van der Waals surface area contributed by atoms with Crippen LogP contribution in [0, 0.1) is 5.92 Å². The molecule has 1 fully saturated rings. The Labute approximate surface area is 259 Å². The highest BCUT2D eigenvalue weighted by Crippen LogP contribution is 2.34. The number of nitrogens with zero attached hydrogens (tertiary/aromatic N) is 4. The zero-order valence-corrected chi connectivity index (χ0v) is 26.8. The van der Waals surface area contributed by atoms with Gasteiger partial charge in [0.1, 0.15) is 17.3 Å². The molecule has 3 heterocycles. The van der Waals surface area contributed by atoms with Crippen molar-refractivity contribution in [2.45, 2.75) is 71.8 Å². The van der Waals surface area contributed by atoms with Gasteiger partial charge in [0, 0.05) is 48.5 Å². The zero-order chi connectivity index (χ0) is 30.7. The Morgan fingerprint density at radius 2 is 1.81 bits per heavy atom. The van der Waals surface area contributed by atoms with E-state index < -0.39 is 0 Å². The van der Waals surface area contributed by atoms with Crippen LogP contribution in [0.4, 0.5) is 17.5 Å². The Bertz CT molecular complexity index is 1580. The van der Waals surface area contributed by atoms with Crippen molar-refractivity contribution < 1.29 is 9.53 Å². The van der Waals surface area contributed by atoms with Crippen LogP contribution in [0.2, 0.25) is 5.02 Å². The molecule has 2 aromatic heterocycles. The summed E-state index contributed by atoms with van der Waals surface area (Å²) in [4.78, 5) is 24.3. The smallest absolute Gasteiger partial charge is 0.225 e. The van der Waals surface area contributed by atoms with E-state index in [0.717, 1.165) is 59.7 Å². The van der Waals surface area contributed by atoms with E-state index in [0.29, 0.717) is 41.6 Å². The predicted molar refractivity (Wildman–Crippen MR) is 176 cm³/mol. The number of likely N-dealkylation sites (tertiary alicyclic amines) is 1. The molecule has 228 valence electrons. The molecular weight excluding hydrogens is 560 g/mol. The fraction of sp³-hybridized carbons (Fsp3) is 0.441. The number of aromatic nitrogens is 3. The molecule has 0 radical (unpaired) electrons. The Morgan fingerprint density at radius 1 is 1.07 bits per heavy atom. The normalized spacial score (nSPS) is 14.8. The molecule has 1 saturated heterocycles. The number of nitrogens with one attached hydrogen (secondary N) is 2. The third kappa shape index (κ3) is 7.67. The lowest BCUT2D eigenvalue weighted by Gasteiger charge is -2.34. The van der Waals surface area contributed by atoms with Gasteiger partial charge in [-0.1, -0.05) is 32.4 Å². The zero-order valence-electron chi connectivity index (χ0n) is 26.1. The van der Waals surface area contributed by atoms with Crippen molar-refractivity contribution >= 4 is 46.0 Å². The number of imidazole rings is 1. The van der Waals surface area contributed by atoms with Crippen LogP contribution < -0.4 is 15.4 Å². The summed E-state index contributed by atoms with van der Waals surface area (Å²) in [5, 5.41) is 7.13. The van der Waals surface area contributed by atoms with Gasteiger partial charge in [-0.25, -0.2) is 9.97 Å². The summed E-state index contributed by atoms with van der Waals surface area (Å²) in [6.07, 6.45) is 5.37. The molecule has 0 aliphatic carbocycles. The number of amides is 1. The van der Waals surface area contributed by atoms with Crippen LogP contribution in [-0.2, 0) is 17.3 Å². The molecule has 0 atom stereocenters. The minimum atomic E-state index is -0.0753. The van der Waals surface area contributed by atoms with E-state index in [2.05, 4.69) is 61.2 Å². The first-order valence-corrected chi connectivity index (χ1v) is 15.6. The Hall–Kier alpha value is -3.62. The van der Waals surface area contributed by atoms with Gasteiger partial charge in [0.15, 0.2) is 0 Å². The molecule has 2 aromatic carbocycles. The van der Waals surface area contributed by atoms with Crippen molar-refractivity contribution in [2.75, 3.05) is 23.7 Å². The van der Waals surface area contributed by atoms with Crippen molar-refractivity contribution in [3.63, 3.8) is 0 Å². The van der Waals surface area contributed by atoms with E-state index in [1.807, 2.05) is 41.9 Å². The Kier molecular flexibility index (Phi) is 9.28. The summed E-state index contributed by atoms with van der Waals surface area (Å²) < 4.78 is 8.16. The first-order valence-electron chi connectivity index (χ1n) is 15.2. The number of halogens is 1. The van der Waals surface area contributed by atoms with Gasteiger partial charge in [-0.2, -0.15) is 0 Å². The standard InChI is InChI=1S/C34H43ClN6O2/c1-22(2)41-17-14-23(15-18-41)7-12-32(42)39-31-21-26(13-16-36-31)43-25-9-11-30-29(20-25)38-33(40(30)6)37-24-8-10-28(35)27(19-24)34(3,4)5/h8-11,13,16,19-23H,7,12,14-15,17-18H2,1-6H3,(H,37,38)(H,36,39,42). The van der Waals surface area contributed by atoms with Gasteiger partial charge in [-0.05, 0) is 99.5 Å². The summed E-state index contributed by atoms with van der Waals surface area (Å²) in [6, 6.07) is 15.9. The second-order valence-corrected chi connectivity index (χ2v) is 13.3. The molecule has 5 rings (SSSR count). The van der Waals surface area contributed by atoms with E-state index in [-0.39, 0.29) is 11.3 Å². The molecule has 1 amide bonds. The molecule has 8 nitrogen and oxygen atoms in total. The number of rotatable bonds is 9. The van der Waals surface area contributed by atoms with Gasteiger partial charge >= 0.3 is 0 Å². The number of piperidine rings is 1. The molecular formula is C34H43ClN6O2. The molecule has 1 aliphatic rings. The van der Waals surface area contributed by atoms with Crippen LogP contribution in [0.5, 0.6) is 11.5 Å².